The van der Waals surface area contributed by atoms with Crippen LogP contribution in [0.25, 0.3) is 0 Å². The summed E-state index contributed by atoms with van der Waals surface area (Å²) in [5.74, 6) is 0. The number of rotatable bonds is 2. The van der Waals surface area contributed by atoms with E-state index in [4.69, 9.17) is 81.2 Å². The van der Waals surface area contributed by atoms with Crippen LogP contribution in [-0.2, 0) is 0 Å². The van der Waals surface area contributed by atoms with Crippen molar-refractivity contribution in [1.29, 1.82) is 0 Å². The van der Waals surface area contributed by atoms with Gasteiger partial charge in [-0.05, 0) is 24.3 Å². The maximum absolute atomic E-state index is 6.43. The van der Waals surface area contributed by atoms with Gasteiger partial charge in [-0.15, -0.1) is 11.6 Å². The maximum atomic E-state index is 6.43. The molecule has 0 saturated heterocycles. The van der Waals surface area contributed by atoms with Gasteiger partial charge < -0.3 is 0 Å². The zero-order chi connectivity index (χ0) is 15.0. The summed E-state index contributed by atoms with van der Waals surface area (Å²) < 4.78 is 0. The lowest BCUT2D eigenvalue weighted by molar-refractivity contribution is 1.14. The van der Waals surface area contributed by atoms with E-state index in [-0.39, 0.29) is 0 Å². The average Bonchev–Trinajstić information content (AvgIpc) is 2.25. The van der Waals surface area contributed by atoms with E-state index in [1.54, 1.807) is 24.3 Å². The van der Waals surface area contributed by atoms with E-state index in [9.17, 15) is 0 Å². The third-order valence-corrected chi connectivity index (χ3v) is 4.72. The van der Waals surface area contributed by atoms with Crippen molar-refractivity contribution in [1.82, 2.24) is 0 Å². The van der Waals surface area contributed by atoms with Gasteiger partial charge in [0, 0.05) is 41.3 Å². The molecule has 0 saturated carbocycles. The topological polar surface area (TPSA) is 0 Å². The van der Waals surface area contributed by atoms with Crippen LogP contribution in [0.3, 0.4) is 0 Å². The average molecular weight is 409 g/mol. The molecule has 0 aliphatic heterocycles. The molecule has 20 heavy (non-hydrogen) atoms. The molecule has 0 atom stereocenters. The molecule has 106 valence electrons. The molecule has 0 aliphatic carbocycles. The van der Waals surface area contributed by atoms with Gasteiger partial charge in [0.05, 0.1) is 5.38 Å². The van der Waals surface area contributed by atoms with Crippen LogP contribution in [-0.4, -0.2) is 0 Å². The molecule has 2 aromatic rings. The van der Waals surface area contributed by atoms with Crippen LogP contribution in [0, 0.1) is 0 Å². The van der Waals surface area contributed by atoms with Crippen molar-refractivity contribution >= 4 is 81.2 Å². The van der Waals surface area contributed by atoms with Crippen LogP contribution >= 0.6 is 81.2 Å². The van der Waals surface area contributed by atoms with E-state index in [0.29, 0.717) is 41.3 Å². The van der Waals surface area contributed by atoms with E-state index in [1.807, 2.05) is 0 Å². The minimum absolute atomic E-state index is 0.338. The van der Waals surface area contributed by atoms with Crippen LogP contribution in [0.2, 0.25) is 30.1 Å². The first-order valence-corrected chi connectivity index (χ1v) is 7.94. The summed E-state index contributed by atoms with van der Waals surface area (Å²) >= 11 is 42.8. The van der Waals surface area contributed by atoms with Gasteiger partial charge in [-0.3, -0.25) is 0 Å². The fourth-order valence-electron chi connectivity index (χ4n) is 1.74. The molecule has 7 heteroatoms. The molecule has 0 fully saturated rings. The Kier molecular flexibility index (Phi) is 5.64. The standard InChI is InChI=1S/C13H5Cl7/c14-5-1-7(16)11(8(17)2-5)13(20)12-9(18)3-6(15)4-10(12)19/h1-4,13H. The number of benzene rings is 2. The number of hydrogen-bond donors (Lipinski definition) is 0. The second kappa shape index (κ2) is 6.71. The van der Waals surface area contributed by atoms with Crippen molar-refractivity contribution in [2.45, 2.75) is 5.38 Å². The van der Waals surface area contributed by atoms with E-state index >= 15 is 0 Å². The largest absolute Gasteiger partial charge is 0.112 e. The zero-order valence-corrected chi connectivity index (χ0v) is 14.8. The Morgan fingerprint density at radius 3 is 1.05 bits per heavy atom. The summed E-state index contributed by atoms with van der Waals surface area (Å²) in [7, 11) is 0. The quantitative estimate of drug-likeness (QED) is 0.442. The first-order valence-electron chi connectivity index (χ1n) is 5.24. The minimum atomic E-state index is -0.718. The Labute approximate surface area is 151 Å². The van der Waals surface area contributed by atoms with Crippen molar-refractivity contribution in [2.75, 3.05) is 0 Å². The molecule has 0 unspecified atom stereocenters. The fourth-order valence-corrected chi connectivity index (χ4v) is 4.50. The van der Waals surface area contributed by atoms with Crippen LogP contribution in [0.15, 0.2) is 24.3 Å². The van der Waals surface area contributed by atoms with Crippen molar-refractivity contribution in [2.24, 2.45) is 0 Å². The van der Waals surface area contributed by atoms with E-state index < -0.39 is 5.38 Å². The van der Waals surface area contributed by atoms with Gasteiger partial charge in [0.1, 0.15) is 0 Å². The van der Waals surface area contributed by atoms with Gasteiger partial charge in [-0.1, -0.05) is 69.6 Å². The second-order valence-electron chi connectivity index (χ2n) is 3.93. The van der Waals surface area contributed by atoms with Crippen LogP contribution in [0.4, 0.5) is 0 Å². The van der Waals surface area contributed by atoms with Gasteiger partial charge in [-0.2, -0.15) is 0 Å². The third-order valence-electron chi connectivity index (χ3n) is 2.59. The predicted octanol–water partition coefficient (Wildman–Crippen LogP) is 7.94. The Bertz CT molecular complexity index is 562. The Morgan fingerprint density at radius 1 is 0.550 bits per heavy atom. The molecule has 0 N–H and O–H groups in total. The van der Waals surface area contributed by atoms with Crippen LogP contribution < -0.4 is 0 Å². The first-order chi connectivity index (χ1) is 9.31. The molecule has 0 bridgehead atoms. The summed E-state index contributed by atoms with van der Waals surface area (Å²) in [6, 6.07) is 6.21. The molecule has 0 spiro atoms. The molecule has 0 aliphatic rings. The highest BCUT2D eigenvalue weighted by Gasteiger charge is 2.23. The van der Waals surface area contributed by atoms with E-state index in [1.165, 1.54) is 0 Å². The minimum Gasteiger partial charge on any atom is -0.112 e. The highest BCUT2D eigenvalue weighted by Crippen LogP contribution is 2.45. The van der Waals surface area contributed by atoms with E-state index in [0.717, 1.165) is 0 Å². The van der Waals surface area contributed by atoms with Gasteiger partial charge in [0.2, 0.25) is 0 Å². The Balaban J connectivity index is 2.61. The lowest BCUT2D eigenvalue weighted by Crippen LogP contribution is -1.98. The molecule has 0 amide bonds. The Hall–Kier alpha value is 0.470. The normalized spacial score (nSPS) is 11.2. The Morgan fingerprint density at radius 2 is 0.800 bits per heavy atom. The molecule has 0 nitrogen and oxygen atoms in total. The highest BCUT2D eigenvalue weighted by atomic mass is 35.5. The molecular weight excluding hydrogens is 404 g/mol. The van der Waals surface area contributed by atoms with Crippen molar-refractivity contribution in [3.8, 4) is 0 Å². The second-order valence-corrected chi connectivity index (χ2v) is 6.87. The molecule has 0 radical (unpaired) electrons. The summed E-state index contributed by atoms with van der Waals surface area (Å²) in [5, 5.41) is 1.47. The molecule has 0 aromatic heterocycles. The zero-order valence-electron chi connectivity index (χ0n) is 9.53. The van der Waals surface area contributed by atoms with Gasteiger partial charge in [-0.25, -0.2) is 0 Å². The summed E-state index contributed by atoms with van der Waals surface area (Å²) in [6.45, 7) is 0. The van der Waals surface area contributed by atoms with E-state index in [2.05, 4.69) is 0 Å². The smallest absolute Gasteiger partial charge is 0.0893 e. The van der Waals surface area contributed by atoms with Crippen LogP contribution in [0.1, 0.15) is 16.5 Å². The maximum Gasteiger partial charge on any atom is 0.0893 e. The summed E-state index contributed by atoms with van der Waals surface area (Å²) in [5.41, 5.74) is 0.982. The predicted molar refractivity (Wildman–Crippen MR) is 90.6 cm³/mol. The van der Waals surface area contributed by atoms with Crippen molar-refractivity contribution < 1.29 is 0 Å². The third kappa shape index (κ3) is 3.44. The molecule has 2 rings (SSSR count). The highest BCUT2D eigenvalue weighted by molar-refractivity contribution is 6.43. The number of halogens is 7. The van der Waals surface area contributed by atoms with Crippen LogP contribution in [0.5, 0.6) is 0 Å². The molecule has 0 heterocycles. The lowest BCUT2D eigenvalue weighted by Gasteiger charge is -2.17. The van der Waals surface area contributed by atoms with Gasteiger partial charge in [0.25, 0.3) is 0 Å². The summed E-state index contributed by atoms with van der Waals surface area (Å²) in [4.78, 5) is 0. The monoisotopic (exact) mass is 406 g/mol. The van der Waals surface area contributed by atoms with Crippen molar-refractivity contribution in [3.63, 3.8) is 0 Å². The van der Waals surface area contributed by atoms with Gasteiger partial charge in [0.15, 0.2) is 0 Å². The lowest BCUT2D eigenvalue weighted by atomic mass is 10.0. The van der Waals surface area contributed by atoms with Crippen molar-refractivity contribution in [3.05, 3.63) is 65.5 Å². The fraction of sp³-hybridized carbons (Fsp3) is 0.0769. The molecule has 2 aromatic carbocycles. The molecular formula is C13H5Cl7. The first kappa shape index (κ1) is 16.8. The SMILES string of the molecule is Clc1cc(Cl)c(C(Cl)c2c(Cl)cc(Cl)cc2Cl)c(Cl)c1. The van der Waals surface area contributed by atoms with Gasteiger partial charge >= 0.3 is 0 Å². The summed E-state index contributed by atoms with van der Waals surface area (Å²) in [6.07, 6.45) is 0. The number of hydrogen-bond acceptors (Lipinski definition) is 0. The number of alkyl halides is 1.